The van der Waals surface area contributed by atoms with Crippen LogP contribution in [0.5, 0.6) is 0 Å². The summed E-state index contributed by atoms with van der Waals surface area (Å²) < 4.78 is 5.55. The molecule has 0 radical (unpaired) electrons. The van der Waals surface area contributed by atoms with Gasteiger partial charge in [0, 0.05) is 0 Å². The Balaban J connectivity index is 3.28. The van der Waals surface area contributed by atoms with Crippen molar-refractivity contribution in [2.45, 2.75) is 59.0 Å². The Bertz CT molecular complexity index is 162. The Kier molecular flexibility index (Phi) is 8.67. The van der Waals surface area contributed by atoms with E-state index in [1.54, 1.807) is 0 Å². The van der Waals surface area contributed by atoms with Crippen molar-refractivity contribution in [3.8, 4) is 6.07 Å². The quantitative estimate of drug-likeness (QED) is 0.558. The van der Waals surface area contributed by atoms with Crippen LogP contribution in [0.1, 0.15) is 52.9 Å². The number of unbranched alkanes of at least 4 members (excludes halogenated alkanes) is 3. The molecule has 0 saturated heterocycles. The molecule has 82 valence electrons. The van der Waals surface area contributed by atoms with Crippen molar-refractivity contribution >= 4 is 0 Å². The average Bonchev–Trinajstić information content (AvgIpc) is 2.21. The van der Waals surface area contributed by atoms with Crippen molar-refractivity contribution < 1.29 is 4.74 Å². The third kappa shape index (κ3) is 8.07. The summed E-state index contributed by atoms with van der Waals surface area (Å²) in [7, 11) is 0. The lowest BCUT2D eigenvalue weighted by atomic mass is 10.1. The van der Waals surface area contributed by atoms with Gasteiger partial charge in [-0.1, -0.05) is 32.6 Å². The molecule has 0 heterocycles. The molecule has 0 aliphatic carbocycles. The highest BCUT2D eigenvalue weighted by Crippen LogP contribution is 2.08. The molecule has 0 bridgehead atoms. The highest BCUT2D eigenvalue weighted by molar-refractivity contribution is 4.78. The van der Waals surface area contributed by atoms with Crippen LogP contribution < -0.4 is 0 Å². The lowest BCUT2D eigenvalue weighted by molar-refractivity contribution is 0.0471. The van der Waals surface area contributed by atoms with Crippen LogP contribution in [-0.2, 0) is 4.74 Å². The molecule has 0 aromatic heterocycles. The van der Waals surface area contributed by atoms with Crippen LogP contribution in [0.3, 0.4) is 0 Å². The molecule has 2 unspecified atom stereocenters. The van der Waals surface area contributed by atoms with Crippen LogP contribution >= 0.6 is 0 Å². The predicted molar refractivity (Wildman–Crippen MR) is 59.0 cm³/mol. The first-order chi connectivity index (χ1) is 6.70. The normalized spacial score (nSPS) is 14.7. The maximum absolute atomic E-state index is 8.56. The molecular weight excluding hydrogens is 174 g/mol. The monoisotopic (exact) mass is 197 g/mol. The van der Waals surface area contributed by atoms with E-state index in [0.717, 1.165) is 6.42 Å². The SMILES string of the molecule is CCCCCCC(C)OCC(C)C#N. The Morgan fingerprint density at radius 2 is 1.93 bits per heavy atom. The number of hydrogen-bond acceptors (Lipinski definition) is 2. The van der Waals surface area contributed by atoms with Crippen LogP contribution in [0.15, 0.2) is 0 Å². The van der Waals surface area contributed by atoms with E-state index in [-0.39, 0.29) is 5.92 Å². The molecule has 2 atom stereocenters. The zero-order valence-corrected chi connectivity index (χ0v) is 9.75. The number of nitrogens with zero attached hydrogens (tertiary/aromatic N) is 1. The minimum absolute atomic E-state index is 0.0214. The summed E-state index contributed by atoms with van der Waals surface area (Å²) in [6.45, 7) is 6.78. The molecule has 0 aromatic rings. The Morgan fingerprint density at radius 1 is 1.21 bits per heavy atom. The van der Waals surface area contributed by atoms with Gasteiger partial charge >= 0.3 is 0 Å². The molecule has 0 aliphatic rings. The first-order valence-electron chi connectivity index (χ1n) is 5.71. The Labute approximate surface area is 88.3 Å². The third-order valence-electron chi connectivity index (χ3n) is 2.32. The van der Waals surface area contributed by atoms with Gasteiger partial charge in [-0.3, -0.25) is 0 Å². The predicted octanol–water partition coefficient (Wildman–Crippen LogP) is 3.52. The summed E-state index contributed by atoms with van der Waals surface area (Å²) in [5, 5.41) is 8.56. The van der Waals surface area contributed by atoms with Crippen molar-refractivity contribution in [3.63, 3.8) is 0 Å². The van der Waals surface area contributed by atoms with Gasteiger partial charge in [-0.15, -0.1) is 0 Å². The topological polar surface area (TPSA) is 33.0 Å². The molecule has 0 saturated carbocycles. The molecule has 0 aliphatic heterocycles. The standard InChI is InChI=1S/C12H23NO/c1-4-5-6-7-8-12(3)14-10-11(2)9-13/h11-12H,4-8,10H2,1-3H3. The molecule has 0 spiro atoms. The summed E-state index contributed by atoms with van der Waals surface area (Å²) in [5.41, 5.74) is 0. The Hall–Kier alpha value is -0.550. The fourth-order valence-electron chi connectivity index (χ4n) is 1.29. The highest BCUT2D eigenvalue weighted by Gasteiger charge is 2.05. The van der Waals surface area contributed by atoms with Gasteiger partial charge < -0.3 is 4.74 Å². The maximum atomic E-state index is 8.56. The van der Waals surface area contributed by atoms with Crippen LogP contribution in [0.4, 0.5) is 0 Å². The summed E-state index contributed by atoms with van der Waals surface area (Å²) in [5.74, 6) is 0.0214. The molecule has 2 nitrogen and oxygen atoms in total. The molecule has 14 heavy (non-hydrogen) atoms. The lowest BCUT2D eigenvalue weighted by Gasteiger charge is -2.13. The van der Waals surface area contributed by atoms with E-state index in [2.05, 4.69) is 19.9 Å². The summed E-state index contributed by atoms with van der Waals surface area (Å²) in [6, 6.07) is 2.17. The van der Waals surface area contributed by atoms with Gasteiger partial charge in [-0.25, -0.2) is 0 Å². The lowest BCUT2D eigenvalue weighted by Crippen LogP contribution is -2.13. The molecule has 0 fully saturated rings. The van der Waals surface area contributed by atoms with E-state index in [0.29, 0.717) is 12.7 Å². The zero-order chi connectivity index (χ0) is 10.8. The van der Waals surface area contributed by atoms with Crippen LogP contribution in [0.25, 0.3) is 0 Å². The Morgan fingerprint density at radius 3 is 2.50 bits per heavy atom. The van der Waals surface area contributed by atoms with Crippen LogP contribution in [0.2, 0.25) is 0 Å². The van der Waals surface area contributed by atoms with Gasteiger partial charge in [-0.05, 0) is 20.3 Å². The van der Waals surface area contributed by atoms with Crippen molar-refractivity contribution in [2.75, 3.05) is 6.61 Å². The fourth-order valence-corrected chi connectivity index (χ4v) is 1.29. The number of hydrogen-bond donors (Lipinski definition) is 0. The van der Waals surface area contributed by atoms with E-state index < -0.39 is 0 Å². The van der Waals surface area contributed by atoms with Crippen molar-refractivity contribution in [3.05, 3.63) is 0 Å². The van der Waals surface area contributed by atoms with Crippen molar-refractivity contribution in [2.24, 2.45) is 5.92 Å². The highest BCUT2D eigenvalue weighted by atomic mass is 16.5. The molecule has 0 rings (SSSR count). The third-order valence-corrected chi connectivity index (χ3v) is 2.32. The smallest absolute Gasteiger partial charge is 0.0677 e. The summed E-state index contributed by atoms with van der Waals surface area (Å²) in [6.07, 6.45) is 6.58. The largest absolute Gasteiger partial charge is 0.377 e. The molecule has 0 aromatic carbocycles. The average molecular weight is 197 g/mol. The second-order valence-electron chi connectivity index (χ2n) is 4.02. The van der Waals surface area contributed by atoms with Gasteiger partial charge in [0.05, 0.1) is 24.7 Å². The van der Waals surface area contributed by atoms with Gasteiger partial charge in [0.25, 0.3) is 0 Å². The van der Waals surface area contributed by atoms with E-state index in [4.69, 9.17) is 10.00 Å². The molecule has 2 heteroatoms. The van der Waals surface area contributed by atoms with E-state index in [1.165, 1.54) is 25.7 Å². The summed E-state index contributed by atoms with van der Waals surface area (Å²) in [4.78, 5) is 0. The van der Waals surface area contributed by atoms with E-state index in [9.17, 15) is 0 Å². The number of nitriles is 1. The minimum atomic E-state index is 0.0214. The van der Waals surface area contributed by atoms with E-state index in [1.807, 2.05) is 6.92 Å². The minimum Gasteiger partial charge on any atom is -0.377 e. The zero-order valence-electron chi connectivity index (χ0n) is 9.75. The van der Waals surface area contributed by atoms with Crippen molar-refractivity contribution in [1.82, 2.24) is 0 Å². The van der Waals surface area contributed by atoms with Gasteiger partial charge in [0.1, 0.15) is 0 Å². The van der Waals surface area contributed by atoms with Crippen LogP contribution in [0, 0.1) is 17.2 Å². The van der Waals surface area contributed by atoms with E-state index >= 15 is 0 Å². The maximum Gasteiger partial charge on any atom is 0.0677 e. The van der Waals surface area contributed by atoms with Gasteiger partial charge in [0.2, 0.25) is 0 Å². The van der Waals surface area contributed by atoms with Crippen LogP contribution in [-0.4, -0.2) is 12.7 Å². The second kappa shape index (κ2) is 9.02. The number of rotatable bonds is 8. The van der Waals surface area contributed by atoms with Gasteiger partial charge in [-0.2, -0.15) is 5.26 Å². The number of ether oxygens (including phenoxy) is 1. The second-order valence-corrected chi connectivity index (χ2v) is 4.02. The summed E-state index contributed by atoms with van der Waals surface area (Å²) >= 11 is 0. The first-order valence-corrected chi connectivity index (χ1v) is 5.71. The molecule has 0 amide bonds. The molecule has 0 N–H and O–H groups in total. The van der Waals surface area contributed by atoms with Crippen molar-refractivity contribution in [1.29, 1.82) is 5.26 Å². The molecular formula is C12H23NO. The fraction of sp³-hybridized carbons (Fsp3) is 0.917. The first kappa shape index (κ1) is 13.4. The van der Waals surface area contributed by atoms with Gasteiger partial charge in [0.15, 0.2) is 0 Å².